The molecule has 2 N–H and O–H groups in total. The molecule has 0 aliphatic carbocycles. The van der Waals surface area contributed by atoms with Gasteiger partial charge < -0.3 is 14.5 Å². The predicted molar refractivity (Wildman–Crippen MR) is 144 cm³/mol. The number of benzene rings is 2. The number of nitrogens with two attached hydrogens (primary N) is 1. The van der Waals surface area contributed by atoms with Gasteiger partial charge >= 0.3 is 0 Å². The van der Waals surface area contributed by atoms with Crippen LogP contribution in [0.1, 0.15) is 13.8 Å². The highest BCUT2D eigenvalue weighted by molar-refractivity contribution is 5.75. The molecule has 8 nitrogen and oxygen atoms in total. The number of hydrogen-bond acceptors (Lipinski definition) is 5. The molecule has 0 aliphatic rings. The highest BCUT2D eigenvalue weighted by atomic mass is 16.6. The van der Waals surface area contributed by atoms with Crippen molar-refractivity contribution in [3.63, 3.8) is 0 Å². The van der Waals surface area contributed by atoms with E-state index in [-0.39, 0.29) is 10.6 Å². The van der Waals surface area contributed by atoms with Crippen molar-refractivity contribution in [2.75, 3.05) is 5.73 Å². The van der Waals surface area contributed by atoms with Gasteiger partial charge in [0, 0.05) is 42.1 Å². The summed E-state index contributed by atoms with van der Waals surface area (Å²) in [6.07, 6.45) is 7.62. The topological polar surface area (TPSA) is 104 Å². The Morgan fingerprint density at radius 3 is 1.69 bits per heavy atom. The summed E-state index contributed by atoms with van der Waals surface area (Å²) < 4.78 is 3.83. The zero-order valence-electron chi connectivity index (χ0n) is 20.0. The Balaban J connectivity index is 0.000000159. The van der Waals surface area contributed by atoms with Crippen molar-refractivity contribution in [1.29, 1.82) is 0 Å². The smallest absolute Gasteiger partial charge is 0.278 e. The molecule has 6 rings (SSSR count). The number of nitrogen functional groups attached to an aromatic ring is 1. The molecule has 4 heterocycles. The van der Waals surface area contributed by atoms with Gasteiger partial charge in [0.25, 0.3) is 5.69 Å². The number of pyridine rings is 2. The summed E-state index contributed by atoms with van der Waals surface area (Å²) in [4.78, 5) is 19.5. The highest BCUT2D eigenvalue weighted by Gasteiger charge is 2.16. The second-order valence-corrected chi connectivity index (χ2v) is 7.55. The molecule has 0 saturated carbocycles. The summed E-state index contributed by atoms with van der Waals surface area (Å²) in [5.74, 6) is 0. The molecule has 0 radical (unpaired) electrons. The summed E-state index contributed by atoms with van der Waals surface area (Å²) in [6.45, 7) is 4.00. The zero-order valence-corrected chi connectivity index (χ0v) is 20.0. The van der Waals surface area contributed by atoms with Gasteiger partial charge in [-0.1, -0.05) is 56.3 Å². The Labute approximate surface area is 208 Å². The van der Waals surface area contributed by atoms with Crippen LogP contribution < -0.4 is 5.73 Å². The molecular formula is C28H26N6O2. The molecule has 8 heteroatoms. The van der Waals surface area contributed by atoms with Crippen LogP contribution in [0.15, 0.2) is 110 Å². The number of para-hydroxylation sites is 2. The van der Waals surface area contributed by atoms with Crippen molar-refractivity contribution in [3.05, 3.63) is 120 Å². The van der Waals surface area contributed by atoms with Crippen LogP contribution in [-0.4, -0.2) is 23.7 Å². The maximum absolute atomic E-state index is 11.0. The number of anilines is 1. The van der Waals surface area contributed by atoms with E-state index < -0.39 is 0 Å². The van der Waals surface area contributed by atoms with Gasteiger partial charge in [-0.05, 0) is 36.4 Å². The lowest BCUT2D eigenvalue weighted by atomic mass is 10.1. The van der Waals surface area contributed by atoms with Gasteiger partial charge in [0.1, 0.15) is 11.3 Å². The standard InChI is InChI=1S/C13H9N3O2.C13H11N3.C2H6/c17-16(18)12-6-2-1-5-10(12)11-9-15-8-4-3-7-13(15)14-11;14-11-6-2-1-5-10(11)12-9-16-8-4-3-7-13(16)15-12;1-2/h1-9H;1-9H,14H2;1-2H3. The monoisotopic (exact) mass is 478 g/mol. The summed E-state index contributed by atoms with van der Waals surface area (Å²) in [6, 6.07) is 25.9. The molecule has 0 fully saturated rings. The van der Waals surface area contributed by atoms with Crippen molar-refractivity contribution in [2.24, 2.45) is 0 Å². The summed E-state index contributed by atoms with van der Waals surface area (Å²) in [7, 11) is 0. The van der Waals surface area contributed by atoms with Gasteiger partial charge in [0.2, 0.25) is 0 Å². The Hall–Kier alpha value is -4.98. The molecule has 0 unspecified atom stereocenters. The van der Waals surface area contributed by atoms with Crippen molar-refractivity contribution in [2.45, 2.75) is 13.8 Å². The lowest BCUT2D eigenvalue weighted by molar-refractivity contribution is -0.384. The van der Waals surface area contributed by atoms with E-state index in [0.717, 1.165) is 28.2 Å². The number of rotatable bonds is 3. The number of nitro groups is 1. The lowest BCUT2D eigenvalue weighted by Gasteiger charge is -1.99. The van der Waals surface area contributed by atoms with Crippen molar-refractivity contribution in [3.8, 4) is 22.5 Å². The molecule has 0 bridgehead atoms. The minimum Gasteiger partial charge on any atom is -0.398 e. The number of aromatic nitrogens is 4. The summed E-state index contributed by atoms with van der Waals surface area (Å²) in [5, 5.41) is 11.0. The number of nitro benzene ring substituents is 1. The van der Waals surface area contributed by atoms with E-state index in [1.807, 2.05) is 102 Å². The first kappa shape index (κ1) is 24.2. The van der Waals surface area contributed by atoms with Crippen LogP contribution in [0, 0.1) is 10.1 Å². The van der Waals surface area contributed by atoms with E-state index >= 15 is 0 Å². The maximum atomic E-state index is 11.0. The lowest BCUT2D eigenvalue weighted by Crippen LogP contribution is -1.91. The largest absolute Gasteiger partial charge is 0.398 e. The van der Waals surface area contributed by atoms with Gasteiger partial charge in [-0.15, -0.1) is 0 Å². The Bertz CT molecular complexity index is 1550. The quantitative estimate of drug-likeness (QED) is 0.177. The van der Waals surface area contributed by atoms with E-state index in [2.05, 4.69) is 9.97 Å². The molecule has 6 aromatic rings. The van der Waals surface area contributed by atoms with E-state index in [1.165, 1.54) is 6.07 Å². The van der Waals surface area contributed by atoms with Crippen LogP contribution in [-0.2, 0) is 0 Å². The van der Waals surface area contributed by atoms with Crippen LogP contribution in [0.5, 0.6) is 0 Å². The van der Waals surface area contributed by atoms with Crippen molar-refractivity contribution in [1.82, 2.24) is 18.8 Å². The van der Waals surface area contributed by atoms with Gasteiger partial charge in [-0.25, -0.2) is 9.97 Å². The summed E-state index contributed by atoms with van der Waals surface area (Å²) in [5.41, 5.74) is 11.5. The number of hydrogen-bond donors (Lipinski definition) is 1. The molecule has 4 aromatic heterocycles. The third kappa shape index (κ3) is 5.07. The van der Waals surface area contributed by atoms with E-state index in [9.17, 15) is 10.1 Å². The van der Waals surface area contributed by atoms with E-state index in [4.69, 9.17) is 5.73 Å². The molecular weight excluding hydrogens is 452 g/mol. The molecule has 0 atom stereocenters. The van der Waals surface area contributed by atoms with Crippen LogP contribution in [0.2, 0.25) is 0 Å². The molecule has 0 saturated heterocycles. The van der Waals surface area contributed by atoms with Gasteiger partial charge in [-0.3, -0.25) is 10.1 Å². The van der Waals surface area contributed by atoms with Crippen LogP contribution in [0.3, 0.4) is 0 Å². The van der Waals surface area contributed by atoms with Crippen LogP contribution >= 0.6 is 0 Å². The minimum atomic E-state index is -0.390. The Kier molecular flexibility index (Phi) is 7.36. The van der Waals surface area contributed by atoms with Crippen molar-refractivity contribution < 1.29 is 4.92 Å². The molecule has 36 heavy (non-hydrogen) atoms. The zero-order chi connectivity index (χ0) is 25.5. The minimum absolute atomic E-state index is 0.0703. The predicted octanol–water partition coefficient (Wildman–Crippen LogP) is 6.52. The van der Waals surface area contributed by atoms with E-state index in [1.54, 1.807) is 24.4 Å². The molecule has 0 spiro atoms. The summed E-state index contributed by atoms with van der Waals surface area (Å²) >= 11 is 0. The molecule has 0 aliphatic heterocycles. The number of fused-ring (bicyclic) bond motifs is 2. The average molecular weight is 479 g/mol. The molecule has 0 amide bonds. The molecule has 2 aromatic carbocycles. The first-order valence-electron chi connectivity index (χ1n) is 11.6. The first-order valence-corrected chi connectivity index (χ1v) is 11.6. The molecule has 180 valence electrons. The second kappa shape index (κ2) is 11.0. The number of nitrogens with zero attached hydrogens (tertiary/aromatic N) is 5. The Morgan fingerprint density at radius 2 is 1.17 bits per heavy atom. The van der Waals surface area contributed by atoms with Crippen molar-refractivity contribution >= 4 is 22.7 Å². The third-order valence-corrected chi connectivity index (χ3v) is 5.34. The fraction of sp³-hybridized carbons (Fsp3) is 0.0714. The average Bonchev–Trinajstić information content (AvgIpc) is 3.55. The van der Waals surface area contributed by atoms with Gasteiger partial charge in [-0.2, -0.15) is 0 Å². The SMILES string of the molecule is CC.Nc1ccccc1-c1cn2ccccc2n1.O=[N+]([O-])c1ccccc1-c1cn2ccccc2n1. The Morgan fingerprint density at radius 1 is 0.694 bits per heavy atom. The fourth-order valence-electron chi connectivity index (χ4n) is 3.71. The normalized spacial score (nSPS) is 10.3. The van der Waals surface area contributed by atoms with Gasteiger partial charge in [0.15, 0.2) is 0 Å². The van der Waals surface area contributed by atoms with Crippen LogP contribution in [0.25, 0.3) is 33.8 Å². The van der Waals surface area contributed by atoms with Gasteiger partial charge in [0.05, 0.1) is 21.9 Å². The highest BCUT2D eigenvalue weighted by Crippen LogP contribution is 2.28. The third-order valence-electron chi connectivity index (χ3n) is 5.34. The van der Waals surface area contributed by atoms with Crippen LogP contribution in [0.4, 0.5) is 11.4 Å². The first-order chi connectivity index (χ1) is 17.6. The van der Waals surface area contributed by atoms with E-state index in [0.29, 0.717) is 11.3 Å². The maximum Gasteiger partial charge on any atom is 0.278 e. The number of imidazole rings is 2. The second-order valence-electron chi connectivity index (χ2n) is 7.55. The fourth-order valence-corrected chi connectivity index (χ4v) is 3.71.